The van der Waals surface area contributed by atoms with Gasteiger partial charge in [-0.05, 0) is 37.1 Å². The predicted molar refractivity (Wildman–Crippen MR) is 41.7 cm³/mol. The SMILES string of the molecule is C=C1C=C(C(C)=O)C=C1C. The Bertz CT molecular complexity index is 244. The van der Waals surface area contributed by atoms with E-state index in [1.807, 2.05) is 19.1 Å². The first kappa shape index (κ1) is 7.00. The Hall–Kier alpha value is -1.11. The van der Waals surface area contributed by atoms with E-state index in [-0.39, 0.29) is 5.78 Å². The van der Waals surface area contributed by atoms with Gasteiger partial charge in [-0.3, -0.25) is 4.79 Å². The lowest BCUT2D eigenvalue weighted by Crippen LogP contribution is -1.89. The van der Waals surface area contributed by atoms with Crippen molar-refractivity contribution in [1.29, 1.82) is 0 Å². The van der Waals surface area contributed by atoms with Crippen LogP contribution in [0.15, 0.2) is 35.5 Å². The Morgan fingerprint density at radius 2 is 2.10 bits per heavy atom. The average molecular weight is 134 g/mol. The lowest BCUT2D eigenvalue weighted by Gasteiger charge is -1.86. The molecule has 52 valence electrons. The minimum Gasteiger partial charge on any atom is -0.295 e. The Labute approximate surface area is 60.7 Å². The van der Waals surface area contributed by atoms with Gasteiger partial charge in [-0.1, -0.05) is 6.58 Å². The highest BCUT2D eigenvalue weighted by molar-refractivity contribution is 5.98. The Morgan fingerprint density at radius 1 is 1.50 bits per heavy atom. The smallest absolute Gasteiger partial charge is 0.159 e. The van der Waals surface area contributed by atoms with Crippen LogP contribution in [0, 0.1) is 0 Å². The van der Waals surface area contributed by atoms with Crippen molar-refractivity contribution in [3.63, 3.8) is 0 Å². The molecule has 1 rings (SSSR count). The van der Waals surface area contributed by atoms with Crippen LogP contribution in [-0.4, -0.2) is 5.78 Å². The molecule has 0 radical (unpaired) electrons. The maximum atomic E-state index is 10.8. The highest BCUT2D eigenvalue weighted by Gasteiger charge is 2.08. The van der Waals surface area contributed by atoms with Crippen molar-refractivity contribution in [2.24, 2.45) is 0 Å². The van der Waals surface area contributed by atoms with E-state index in [1.54, 1.807) is 6.92 Å². The third-order valence-corrected chi connectivity index (χ3v) is 1.61. The van der Waals surface area contributed by atoms with E-state index in [9.17, 15) is 4.79 Å². The Morgan fingerprint density at radius 3 is 2.30 bits per heavy atom. The molecule has 0 spiro atoms. The topological polar surface area (TPSA) is 17.1 Å². The second kappa shape index (κ2) is 2.25. The summed E-state index contributed by atoms with van der Waals surface area (Å²) in [6.07, 6.45) is 3.68. The molecule has 0 aromatic carbocycles. The van der Waals surface area contributed by atoms with E-state index >= 15 is 0 Å². The van der Waals surface area contributed by atoms with E-state index in [4.69, 9.17) is 0 Å². The summed E-state index contributed by atoms with van der Waals surface area (Å²) >= 11 is 0. The number of hydrogen-bond acceptors (Lipinski definition) is 1. The lowest BCUT2D eigenvalue weighted by atomic mass is 10.2. The van der Waals surface area contributed by atoms with Crippen LogP contribution in [0.25, 0.3) is 0 Å². The first-order valence-corrected chi connectivity index (χ1v) is 3.21. The zero-order valence-corrected chi connectivity index (χ0v) is 6.27. The van der Waals surface area contributed by atoms with Crippen molar-refractivity contribution in [2.45, 2.75) is 13.8 Å². The monoisotopic (exact) mass is 134 g/mol. The summed E-state index contributed by atoms with van der Waals surface area (Å²) in [5.41, 5.74) is 2.80. The van der Waals surface area contributed by atoms with Gasteiger partial charge in [0.2, 0.25) is 0 Å². The van der Waals surface area contributed by atoms with Gasteiger partial charge in [-0.2, -0.15) is 0 Å². The number of allylic oxidation sites excluding steroid dienone is 5. The van der Waals surface area contributed by atoms with E-state index in [0.717, 1.165) is 16.7 Å². The average Bonchev–Trinajstić information content (AvgIpc) is 2.13. The maximum Gasteiger partial charge on any atom is 0.159 e. The van der Waals surface area contributed by atoms with Gasteiger partial charge >= 0.3 is 0 Å². The molecule has 0 saturated heterocycles. The number of carbonyl (C=O) groups is 1. The molecule has 0 aliphatic heterocycles. The number of rotatable bonds is 1. The van der Waals surface area contributed by atoms with Crippen LogP contribution >= 0.6 is 0 Å². The molecule has 0 unspecified atom stereocenters. The molecule has 0 bridgehead atoms. The van der Waals surface area contributed by atoms with Gasteiger partial charge in [0.1, 0.15) is 0 Å². The molecule has 1 aliphatic rings. The molecular formula is C9H10O. The van der Waals surface area contributed by atoms with Crippen LogP contribution in [0.2, 0.25) is 0 Å². The summed E-state index contributed by atoms with van der Waals surface area (Å²) in [6.45, 7) is 7.29. The minimum absolute atomic E-state index is 0.109. The zero-order chi connectivity index (χ0) is 7.72. The van der Waals surface area contributed by atoms with Crippen molar-refractivity contribution in [2.75, 3.05) is 0 Å². The van der Waals surface area contributed by atoms with Crippen LogP contribution in [0.4, 0.5) is 0 Å². The first-order valence-electron chi connectivity index (χ1n) is 3.21. The molecule has 0 atom stereocenters. The molecule has 0 fully saturated rings. The van der Waals surface area contributed by atoms with Crippen LogP contribution in [0.1, 0.15) is 13.8 Å². The van der Waals surface area contributed by atoms with E-state index in [0.29, 0.717) is 0 Å². The highest BCUT2D eigenvalue weighted by Crippen LogP contribution is 2.21. The van der Waals surface area contributed by atoms with Gasteiger partial charge in [-0.15, -0.1) is 0 Å². The van der Waals surface area contributed by atoms with Crippen molar-refractivity contribution in [1.82, 2.24) is 0 Å². The van der Waals surface area contributed by atoms with Gasteiger partial charge < -0.3 is 0 Å². The number of Topliss-reactive ketones (excluding diaryl/α,β-unsaturated/α-hetero) is 1. The Balaban J connectivity index is 2.96. The van der Waals surface area contributed by atoms with Crippen molar-refractivity contribution in [3.05, 3.63) is 35.5 Å². The van der Waals surface area contributed by atoms with E-state index in [2.05, 4.69) is 6.58 Å². The number of ketones is 1. The van der Waals surface area contributed by atoms with Crippen molar-refractivity contribution < 1.29 is 4.79 Å². The fraction of sp³-hybridized carbons (Fsp3) is 0.222. The summed E-state index contributed by atoms with van der Waals surface area (Å²) in [5, 5.41) is 0. The lowest BCUT2D eigenvalue weighted by molar-refractivity contribution is -0.113. The molecule has 1 nitrogen and oxygen atoms in total. The van der Waals surface area contributed by atoms with Gasteiger partial charge in [0.15, 0.2) is 5.78 Å². The summed E-state index contributed by atoms with van der Waals surface area (Å²) in [5.74, 6) is 0.109. The third kappa shape index (κ3) is 1.08. The molecule has 0 amide bonds. The second-order valence-corrected chi connectivity index (χ2v) is 2.51. The summed E-state index contributed by atoms with van der Waals surface area (Å²) in [6, 6.07) is 0. The van der Waals surface area contributed by atoms with Crippen molar-refractivity contribution in [3.8, 4) is 0 Å². The molecular weight excluding hydrogens is 124 g/mol. The largest absolute Gasteiger partial charge is 0.295 e. The minimum atomic E-state index is 0.109. The number of hydrogen-bond donors (Lipinski definition) is 0. The van der Waals surface area contributed by atoms with Crippen LogP contribution in [0.5, 0.6) is 0 Å². The molecule has 0 aromatic rings. The molecule has 1 heteroatoms. The van der Waals surface area contributed by atoms with Gasteiger partial charge in [0.25, 0.3) is 0 Å². The molecule has 0 saturated carbocycles. The normalized spacial score (nSPS) is 16.8. The summed E-state index contributed by atoms with van der Waals surface area (Å²) in [4.78, 5) is 10.8. The maximum absolute atomic E-state index is 10.8. The fourth-order valence-electron chi connectivity index (χ4n) is 0.872. The van der Waals surface area contributed by atoms with Crippen molar-refractivity contribution >= 4 is 5.78 Å². The molecule has 1 aliphatic carbocycles. The van der Waals surface area contributed by atoms with Crippen LogP contribution < -0.4 is 0 Å². The molecule has 0 N–H and O–H groups in total. The summed E-state index contributed by atoms with van der Waals surface area (Å²) in [7, 11) is 0. The van der Waals surface area contributed by atoms with Crippen LogP contribution in [0.3, 0.4) is 0 Å². The standard InChI is InChI=1S/C9H10O/c1-6-4-9(8(3)10)5-7(6)2/h4-5H,1H2,2-3H3. The van der Waals surface area contributed by atoms with Gasteiger partial charge in [0.05, 0.1) is 0 Å². The molecule has 0 heterocycles. The highest BCUT2D eigenvalue weighted by atomic mass is 16.1. The van der Waals surface area contributed by atoms with E-state index in [1.165, 1.54) is 0 Å². The first-order chi connectivity index (χ1) is 4.61. The van der Waals surface area contributed by atoms with Gasteiger partial charge in [0, 0.05) is 5.57 Å². The third-order valence-electron chi connectivity index (χ3n) is 1.61. The Kier molecular flexibility index (Phi) is 1.58. The van der Waals surface area contributed by atoms with E-state index < -0.39 is 0 Å². The quantitative estimate of drug-likeness (QED) is 0.536. The molecule has 0 aromatic heterocycles. The second-order valence-electron chi connectivity index (χ2n) is 2.51. The molecule has 10 heavy (non-hydrogen) atoms. The summed E-state index contributed by atoms with van der Waals surface area (Å²) < 4.78 is 0. The zero-order valence-electron chi connectivity index (χ0n) is 6.27. The van der Waals surface area contributed by atoms with Gasteiger partial charge in [-0.25, -0.2) is 0 Å². The van der Waals surface area contributed by atoms with Crippen LogP contribution in [-0.2, 0) is 4.79 Å². The fourth-order valence-corrected chi connectivity index (χ4v) is 0.872. The predicted octanol–water partition coefficient (Wildman–Crippen LogP) is 2.02. The number of carbonyl (C=O) groups excluding carboxylic acids is 1.